The van der Waals surface area contributed by atoms with Gasteiger partial charge < -0.3 is 10.2 Å². The van der Waals surface area contributed by atoms with Crippen LogP contribution in [-0.4, -0.2) is 28.8 Å². The largest absolute Gasteiger partial charge is 0.337 e. The number of para-hydroxylation sites is 1. The highest BCUT2D eigenvalue weighted by Gasteiger charge is 2.39. The summed E-state index contributed by atoms with van der Waals surface area (Å²) in [6.07, 6.45) is 0.300. The Hall–Kier alpha value is -1.84. The molecular formula is C17H24N2O2. The minimum atomic E-state index is -0.268. The van der Waals surface area contributed by atoms with Gasteiger partial charge in [0.05, 0.1) is 5.92 Å². The molecule has 1 aliphatic heterocycles. The average molecular weight is 288 g/mol. The molecule has 0 saturated carbocycles. The first kappa shape index (κ1) is 15.5. The Morgan fingerprint density at radius 2 is 1.81 bits per heavy atom. The smallest absolute Gasteiger partial charge is 0.229 e. The molecule has 1 N–H and O–H groups in total. The number of nitrogens with zero attached hydrogens (tertiary/aromatic N) is 1. The maximum atomic E-state index is 12.4. The van der Waals surface area contributed by atoms with Gasteiger partial charge in [-0.1, -0.05) is 18.2 Å². The molecule has 0 bridgehead atoms. The standard InChI is InChI=1S/C17H24N2O2/c1-11-7-6-8-12(2)15(11)18-16(21)13-9-14(20)19(10-13)17(3,4)5/h6-8,13H,9-10H2,1-5H3,(H,18,21)/t13-/m1/s1. The molecule has 0 spiro atoms. The van der Waals surface area contributed by atoms with Crippen molar-refractivity contribution in [1.29, 1.82) is 0 Å². The number of carbonyl (C=O) groups is 2. The monoisotopic (exact) mass is 288 g/mol. The minimum absolute atomic E-state index is 0.0594. The van der Waals surface area contributed by atoms with Crippen molar-refractivity contribution >= 4 is 17.5 Å². The van der Waals surface area contributed by atoms with Gasteiger partial charge in [0.15, 0.2) is 0 Å². The molecule has 114 valence electrons. The second-order valence-corrected chi connectivity index (χ2v) is 6.83. The first-order chi connectivity index (χ1) is 9.70. The molecule has 1 aromatic rings. The molecule has 0 aromatic heterocycles. The molecule has 0 unspecified atom stereocenters. The Labute approximate surface area is 126 Å². The van der Waals surface area contributed by atoms with Crippen molar-refractivity contribution < 1.29 is 9.59 Å². The summed E-state index contributed by atoms with van der Waals surface area (Å²) in [5, 5.41) is 3.00. The number of hydrogen-bond donors (Lipinski definition) is 1. The van der Waals surface area contributed by atoms with E-state index in [-0.39, 0.29) is 23.3 Å². The summed E-state index contributed by atoms with van der Waals surface area (Å²) in [5.74, 6) is -0.271. The Kier molecular flexibility index (Phi) is 4.08. The van der Waals surface area contributed by atoms with E-state index >= 15 is 0 Å². The molecular weight excluding hydrogens is 264 g/mol. The summed E-state index contributed by atoms with van der Waals surface area (Å²) in [6.45, 7) is 10.4. The number of benzene rings is 1. The summed E-state index contributed by atoms with van der Waals surface area (Å²) in [4.78, 5) is 26.3. The van der Waals surface area contributed by atoms with Crippen LogP contribution in [0.15, 0.2) is 18.2 Å². The first-order valence-corrected chi connectivity index (χ1v) is 7.37. The molecule has 0 aliphatic carbocycles. The van der Waals surface area contributed by atoms with Gasteiger partial charge in [0.25, 0.3) is 0 Å². The van der Waals surface area contributed by atoms with E-state index in [4.69, 9.17) is 0 Å². The summed E-state index contributed by atoms with van der Waals surface area (Å²) in [6, 6.07) is 5.93. The van der Waals surface area contributed by atoms with Crippen molar-refractivity contribution in [1.82, 2.24) is 4.90 Å². The van der Waals surface area contributed by atoms with Crippen LogP contribution < -0.4 is 5.32 Å². The van der Waals surface area contributed by atoms with Crippen molar-refractivity contribution in [3.05, 3.63) is 29.3 Å². The van der Waals surface area contributed by atoms with Gasteiger partial charge in [-0.3, -0.25) is 9.59 Å². The molecule has 21 heavy (non-hydrogen) atoms. The predicted molar refractivity (Wildman–Crippen MR) is 84.1 cm³/mol. The van der Waals surface area contributed by atoms with Crippen LogP contribution in [0.3, 0.4) is 0 Å². The van der Waals surface area contributed by atoms with E-state index < -0.39 is 0 Å². The van der Waals surface area contributed by atoms with Gasteiger partial charge in [0, 0.05) is 24.2 Å². The van der Waals surface area contributed by atoms with Gasteiger partial charge in [0.2, 0.25) is 11.8 Å². The van der Waals surface area contributed by atoms with Crippen LogP contribution in [0.1, 0.15) is 38.3 Å². The summed E-state index contributed by atoms with van der Waals surface area (Å²) in [5.41, 5.74) is 2.72. The Morgan fingerprint density at radius 1 is 1.24 bits per heavy atom. The number of likely N-dealkylation sites (tertiary alicyclic amines) is 1. The van der Waals surface area contributed by atoms with Gasteiger partial charge in [-0.15, -0.1) is 0 Å². The predicted octanol–water partition coefficient (Wildman–Crippen LogP) is 2.89. The fourth-order valence-corrected chi connectivity index (χ4v) is 2.77. The molecule has 2 rings (SSSR count). The van der Waals surface area contributed by atoms with E-state index in [1.165, 1.54) is 0 Å². The van der Waals surface area contributed by atoms with E-state index in [9.17, 15) is 9.59 Å². The number of rotatable bonds is 2. The van der Waals surface area contributed by atoms with Crippen molar-refractivity contribution in [2.45, 2.75) is 46.6 Å². The van der Waals surface area contributed by atoms with Crippen LogP contribution >= 0.6 is 0 Å². The minimum Gasteiger partial charge on any atom is -0.337 e. The molecule has 1 aromatic carbocycles. The number of amides is 2. The topological polar surface area (TPSA) is 49.4 Å². The van der Waals surface area contributed by atoms with Gasteiger partial charge in [-0.2, -0.15) is 0 Å². The summed E-state index contributed by atoms with van der Waals surface area (Å²) < 4.78 is 0. The van der Waals surface area contributed by atoms with E-state index in [2.05, 4.69) is 5.32 Å². The molecule has 1 atom stereocenters. The fraction of sp³-hybridized carbons (Fsp3) is 0.529. The lowest BCUT2D eigenvalue weighted by atomic mass is 10.0. The van der Waals surface area contributed by atoms with E-state index in [1.54, 1.807) is 4.90 Å². The maximum Gasteiger partial charge on any atom is 0.229 e. The quantitative estimate of drug-likeness (QED) is 0.909. The zero-order valence-electron chi connectivity index (χ0n) is 13.5. The van der Waals surface area contributed by atoms with E-state index in [0.717, 1.165) is 16.8 Å². The number of anilines is 1. The maximum absolute atomic E-state index is 12.4. The second-order valence-electron chi connectivity index (χ2n) is 6.83. The molecule has 1 heterocycles. The highest BCUT2D eigenvalue weighted by atomic mass is 16.2. The lowest BCUT2D eigenvalue weighted by Crippen LogP contribution is -2.42. The molecule has 0 radical (unpaired) electrons. The number of carbonyl (C=O) groups excluding carboxylic acids is 2. The third-order valence-corrected chi connectivity index (χ3v) is 4.03. The third-order valence-electron chi connectivity index (χ3n) is 4.03. The molecule has 1 saturated heterocycles. The first-order valence-electron chi connectivity index (χ1n) is 7.37. The molecule has 4 heteroatoms. The van der Waals surface area contributed by atoms with Gasteiger partial charge >= 0.3 is 0 Å². The van der Waals surface area contributed by atoms with Gasteiger partial charge in [-0.25, -0.2) is 0 Å². The van der Waals surface area contributed by atoms with Crippen molar-refractivity contribution in [2.75, 3.05) is 11.9 Å². The zero-order valence-corrected chi connectivity index (χ0v) is 13.5. The number of nitrogens with one attached hydrogen (secondary N) is 1. The highest BCUT2D eigenvalue weighted by molar-refractivity contribution is 5.98. The fourth-order valence-electron chi connectivity index (χ4n) is 2.77. The lowest BCUT2D eigenvalue weighted by molar-refractivity contribution is -0.131. The Bertz CT molecular complexity index is 552. The van der Waals surface area contributed by atoms with Gasteiger partial charge in [-0.05, 0) is 45.7 Å². The molecule has 4 nitrogen and oxygen atoms in total. The van der Waals surface area contributed by atoms with E-state index in [1.807, 2.05) is 52.8 Å². The normalized spacial score (nSPS) is 19.0. The van der Waals surface area contributed by atoms with Crippen molar-refractivity contribution in [3.8, 4) is 0 Å². The summed E-state index contributed by atoms with van der Waals surface area (Å²) in [7, 11) is 0. The number of hydrogen-bond acceptors (Lipinski definition) is 2. The highest BCUT2D eigenvalue weighted by Crippen LogP contribution is 2.27. The van der Waals surface area contributed by atoms with Crippen molar-refractivity contribution in [2.24, 2.45) is 5.92 Å². The van der Waals surface area contributed by atoms with Gasteiger partial charge in [0.1, 0.15) is 0 Å². The SMILES string of the molecule is Cc1cccc(C)c1NC(=O)[C@@H]1CC(=O)N(C(C)(C)C)C1. The van der Waals surface area contributed by atoms with Crippen LogP contribution in [0.25, 0.3) is 0 Å². The van der Waals surface area contributed by atoms with Crippen LogP contribution in [0, 0.1) is 19.8 Å². The third kappa shape index (κ3) is 3.26. The van der Waals surface area contributed by atoms with Crippen LogP contribution in [0.4, 0.5) is 5.69 Å². The van der Waals surface area contributed by atoms with E-state index in [0.29, 0.717) is 13.0 Å². The van der Waals surface area contributed by atoms with Crippen LogP contribution in [0.5, 0.6) is 0 Å². The molecule has 1 fully saturated rings. The zero-order chi connectivity index (χ0) is 15.8. The molecule has 1 aliphatic rings. The Balaban J connectivity index is 2.11. The Morgan fingerprint density at radius 3 is 2.29 bits per heavy atom. The summed E-state index contributed by atoms with van der Waals surface area (Å²) >= 11 is 0. The van der Waals surface area contributed by atoms with Crippen LogP contribution in [-0.2, 0) is 9.59 Å². The second kappa shape index (κ2) is 5.51. The van der Waals surface area contributed by atoms with Crippen molar-refractivity contribution in [3.63, 3.8) is 0 Å². The van der Waals surface area contributed by atoms with Crippen LogP contribution in [0.2, 0.25) is 0 Å². The average Bonchev–Trinajstić information content (AvgIpc) is 2.76. The number of aryl methyl sites for hydroxylation is 2. The molecule has 2 amide bonds. The lowest BCUT2D eigenvalue weighted by Gasteiger charge is -2.32.